The minimum Gasteiger partial charge on any atom is -0.469 e. The van der Waals surface area contributed by atoms with Crippen molar-refractivity contribution >= 4 is 11.9 Å². The van der Waals surface area contributed by atoms with Crippen molar-refractivity contribution in [1.82, 2.24) is 9.80 Å². The Labute approximate surface area is 139 Å². The fourth-order valence-electron chi connectivity index (χ4n) is 2.42. The first-order chi connectivity index (χ1) is 10.8. The summed E-state index contributed by atoms with van der Waals surface area (Å²) >= 11 is 0. The number of rotatable bonds is 8. The van der Waals surface area contributed by atoms with Crippen molar-refractivity contribution in [3.8, 4) is 0 Å². The first-order valence-corrected chi connectivity index (χ1v) is 7.93. The van der Waals surface area contributed by atoms with Gasteiger partial charge in [0, 0.05) is 18.7 Å². The number of amides is 1. The lowest BCUT2D eigenvalue weighted by molar-refractivity contribution is -0.145. The normalized spacial score (nSPS) is 12.1. The molecule has 1 aromatic rings. The van der Waals surface area contributed by atoms with Crippen molar-refractivity contribution < 1.29 is 14.3 Å². The van der Waals surface area contributed by atoms with Crippen LogP contribution in [0.4, 0.5) is 0 Å². The molecule has 1 unspecified atom stereocenters. The van der Waals surface area contributed by atoms with Gasteiger partial charge in [0.25, 0.3) is 5.91 Å². The third kappa shape index (κ3) is 6.40. The summed E-state index contributed by atoms with van der Waals surface area (Å²) < 4.78 is 4.78. The van der Waals surface area contributed by atoms with E-state index in [1.165, 1.54) is 7.11 Å². The molecule has 0 fully saturated rings. The first kappa shape index (κ1) is 19.2. The molecule has 0 saturated carbocycles. The van der Waals surface area contributed by atoms with E-state index in [2.05, 4.69) is 4.90 Å². The Morgan fingerprint density at radius 3 is 2.48 bits per heavy atom. The van der Waals surface area contributed by atoms with Crippen LogP contribution in [-0.2, 0) is 9.53 Å². The number of carbonyl (C=O) groups excluding carboxylic acids is 2. The summed E-state index contributed by atoms with van der Waals surface area (Å²) in [4.78, 5) is 28.3. The van der Waals surface area contributed by atoms with Gasteiger partial charge in [-0.1, -0.05) is 24.6 Å². The maximum absolute atomic E-state index is 12.8. The minimum atomic E-state index is -0.340. The molecule has 0 aliphatic rings. The highest BCUT2D eigenvalue weighted by Gasteiger charge is 2.22. The molecule has 0 saturated heterocycles. The quantitative estimate of drug-likeness (QED) is 0.689. The Balaban J connectivity index is 2.84. The maximum Gasteiger partial charge on any atom is 0.310 e. The average Bonchev–Trinajstić information content (AvgIpc) is 2.51. The smallest absolute Gasteiger partial charge is 0.310 e. The molecule has 128 valence electrons. The van der Waals surface area contributed by atoms with Crippen molar-refractivity contribution in [2.45, 2.75) is 20.3 Å². The van der Waals surface area contributed by atoms with Crippen molar-refractivity contribution in [2.24, 2.45) is 5.92 Å². The van der Waals surface area contributed by atoms with Gasteiger partial charge >= 0.3 is 5.97 Å². The van der Waals surface area contributed by atoms with Crippen LogP contribution in [0.5, 0.6) is 0 Å². The van der Waals surface area contributed by atoms with E-state index < -0.39 is 0 Å². The molecule has 0 aliphatic heterocycles. The number of methoxy groups -OCH3 is 1. The van der Waals surface area contributed by atoms with Gasteiger partial charge in [-0.25, -0.2) is 0 Å². The number of carbonyl (C=O) groups is 2. The topological polar surface area (TPSA) is 49.9 Å². The molecule has 1 atom stereocenters. The third-order valence-electron chi connectivity index (χ3n) is 3.68. The maximum atomic E-state index is 12.8. The van der Waals surface area contributed by atoms with Gasteiger partial charge < -0.3 is 14.5 Å². The standard InChI is InChI=1S/C18H28N2O3/c1-14-8-6-9-16(12-14)17(21)20(11-7-10-19(3)4)13-15(2)18(22)23-5/h6,8-9,12,15H,7,10-11,13H2,1-5H3. The van der Waals surface area contributed by atoms with E-state index in [-0.39, 0.29) is 17.8 Å². The predicted molar refractivity (Wildman–Crippen MR) is 91.4 cm³/mol. The van der Waals surface area contributed by atoms with Crippen LogP contribution in [-0.4, -0.2) is 62.5 Å². The molecule has 0 radical (unpaired) electrons. The van der Waals surface area contributed by atoms with Crippen LogP contribution in [0.3, 0.4) is 0 Å². The first-order valence-electron chi connectivity index (χ1n) is 7.93. The Kier molecular flexibility index (Phi) is 7.75. The van der Waals surface area contributed by atoms with Crippen LogP contribution >= 0.6 is 0 Å². The van der Waals surface area contributed by atoms with Gasteiger partial charge in [0.05, 0.1) is 13.0 Å². The zero-order valence-corrected chi connectivity index (χ0v) is 14.8. The van der Waals surface area contributed by atoms with E-state index in [1.807, 2.05) is 45.3 Å². The fraction of sp³-hybridized carbons (Fsp3) is 0.556. The van der Waals surface area contributed by atoms with Gasteiger partial charge in [-0.15, -0.1) is 0 Å². The van der Waals surface area contributed by atoms with E-state index in [0.29, 0.717) is 18.7 Å². The second-order valence-electron chi connectivity index (χ2n) is 6.20. The highest BCUT2D eigenvalue weighted by molar-refractivity contribution is 5.94. The Hall–Kier alpha value is -1.88. The van der Waals surface area contributed by atoms with Crippen LogP contribution in [0.2, 0.25) is 0 Å². The number of nitrogens with zero attached hydrogens (tertiary/aromatic N) is 2. The zero-order valence-electron chi connectivity index (χ0n) is 14.8. The molecular formula is C18H28N2O3. The largest absolute Gasteiger partial charge is 0.469 e. The van der Waals surface area contributed by atoms with Crippen molar-refractivity contribution in [3.63, 3.8) is 0 Å². The number of benzene rings is 1. The summed E-state index contributed by atoms with van der Waals surface area (Å²) in [5, 5.41) is 0. The Bertz CT molecular complexity index is 529. The lowest BCUT2D eigenvalue weighted by atomic mass is 10.1. The SMILES string of the molecule is COC(=O)C(C)CN(CCCN(C)C)C(=O)c1cccc(C)c1. The molecule has 0 bridgehead atoms. The molecule has 0 N–H and O–H groups in total. The highest BCUT2D eigenvalue weighted by atomic mass is 16.5. The third-order valence-corrected chi connectivity index (χ3v) is 3.68. The Morgan fingerprint density at radius 1 is 1.22 bits per heavy atom. The van der Waals surface area contributed by atoms with Crippen LogP contribution < -0.4 is 0 Å². The number of hydrogen-bond donors (Lipinski definition) is 0. The number of ether oxygens (including phenoxy) is 1. The molecule has 1 amide bonds. The monoisotopic (exact) mass is 320 g/mol. The molecule has 0 aliphatic carbocycles. The fourth-order valence-corrected chi connectivity index (χ4v) is 2.42. The highest BCUT2D eigenvalue weighted by Crippen LogP contribution is 2.11. The molecule has 5 nitrogen and oxygen atoms in total. The summed E-state index contributed by atoms with van der Waals surface area (Å²) in [7, 11) is 5.38. The minimum absolute atomic E-state index is 0.0387. The van der Waals surface area contributed by atoms with Crippen LogP contribution in [0.1, 0.15) is 29.3 Å². The van der Waals surface area contributed by atoms with Gasteiger partial charge in [0.2, 0.25) is 0 Å². The van der Waals surface area contributed by atoms with Gasteiger partial charge in [-0.2, -0.15) is 0 Å². The zero-order chi connectivity index (χ0) is 17.4. The summed E-state index contributed by atoms with van der Waals surface area (Å²) in [5.74, 6) is -0.670. The average molecular weight is 320 g/mol. The van der Waals surface area contributed by atoms with Gasteiger partial charge in [0.15, 0.2) is 0 Å². The predicted octanol–water partition coefficient (Wildman–Crippen LogP) is 2.20. The second kappa shape index (κ2) is 9.30. The Morgan fingerprint density at radius 2 is 1.91 bits per heavy atom. The van der Waals surface area contributed by atoms with E-state index >= 15 is 0 Å². The molecule has 1 rings (SSSR count). The van der Waals surface area contributed by atoms with Gasteiger partial charge in [-0.05, 0) is 46.1 Å². The van der Waals surface area contributed by atoms with Crippen molar-refractivity contribution in [3.05, 3.63) is 35.4 Å². The number of aryl methyl sites for hydroxylation is 1. The van der Waals surface area contributed by atoms with Crippen molar-refractivity contribution in [1.29, 1.82) is 0 Å². The number of esters is 1. The van der Waals surface area contributed by atoms with Crippen LogP contribution in [0.15, 0.2) is 24.3 Å². The van der Waals surface area contributed by atoms with Gasteiger partial charge in [0.1, 0.15) is 0 Å². The van der Waals surface area contributed by atoms with E-state index in [4.69, 9.17) is 4.74 Å². The molecule has 1 aromatic carbocycles. The molecule has 0 aromatic heterocycles. The van der Waals surface area contributed by atoms with E-state index in [1.54, 1.807) is 11.8 Å². The van der Waals surface area contributed by atoms with E-state index in [9.17, 15) is 9.59 Å². The van der Waals surface area contributed by atoms with E-state index in [0.717, 1.165) is 18.5 Å². The second-order valence-corrected chi connectivity index (χ2v) is 6.20. The summed E-state index contributed by atoms with van der Waals surface area (Å²) in [6.45, 7) is 5.63. The molecule has 0 heterocycles. The summed E-state index contributed by atoms with van der Waals surface area (Å²) in [6, 6.07) is 7.54. The van der Waals surface area contributed by atoms with Gasteiger partial charge in [-0.3, -0.25) is 9.59 Å². The summed E-state index contributed by atoms with van der Waals surface area (Å²) in [6.07, 6.45) is 0.860. The van der Waals surface area contributed by atoms with Crippen LogP contribution in [0.25, 0.3) is 0 Å². The van der Waals surface area contributed by atoms with Crippen molar-refractivity contribution in [2.75, 3.05) is 40.8 Å². The van der Waals surface area contributed by atoms with Crippen LogP contribution in [0, 0.1) is 12.8 Å². The lowest BCUT2D eigenvalue weighted by Crippen LogP contribution is -2.38. The summed E-state index contributed by atoms with van der Waals surface area (Å²) in [5.41, 5.74) is 1.71. The lowest BCUT2D eigenvalue weighted by Gasteiger charge is -2.26. The molecule has 23 heavy (non-hydrogen) atoms. The molecule has 0 spiro atoms. The molecule has 5 heteroatoms. The molecular weight excluding hydrogens is 292 g/mol. The number of hydrogen-bond acceptors (Lipinski definition) is 4.